The molecule has 0 bridgehead atoms. The minimum atomic E-state index is -0.282. The highest BCUT2D eigenvalue weighted by atomic mass is 35.5. The summed E-state index contributed by atoms with van der Waals surface area (Å²) >= 11 is 5.93. The van der Waals surface area contributed by atoms with Crippen molar-refractivity contribution in [1.29, 1.82) is 0 Å². The summed E-state index contributed by atoms with van der Waals surface area (Å²) in [6.07, 6.45) is 4.19. The molecule has 4 N–H and O–H groups in total. The third-order valence-electron chi connectivity index (χ3n) is 5.10. The Labute approximate surface area is 179 Å². The number of aldehydes is 1. The van der Waals surface area contributed by atoms with E-state index in [4.69, 9.17) is 17.4 Å². The zero-order valence-electron chi connectivity index (χ0n) is 17.0. The maximum atomic E-state index is 12.9. The Balaban J connectivity index is 2.03. The molecule has 0 aliphatic carbocycles. The number of hydrogen-bond donors (Lipinski definition) is 3. The molecule has 1 amide bonds. The molecule has 0 saturated heterocycles. The number of nitrogens with zero attached hydrogens (tertiary/aromatic N) is 1. The predicted molar refractivity (Wildman–Crippen MR) is 122 cm³/mol. The SMILES string of the molecule is C/C=C(\C)c1[nH]c2cc(C(=O)NC(C)c3ccc(Cl)cc3)cc(C=O)c2c1/C=N\N. The van der Waals surface area contributed by atoms with Crippen LogP contribution in [0, 0.1) is 0 Å². The molecule has 0 spiro atoms. The number of allylic oxidation sites excluding steroid dienone is 2. The van der Waals surface area contributed by atoms with Crippen LogP contribution in [0.1, 0.15) is 64.3 Å². The van der Waals surface area contributed by atoms with E-state index in [0.29, 0.717) is 32.6 Å². The number of aromatic nitrogens is 1. The van der Waals surface area contributed by atoms with Crippen LogP contribution >= 0.6 is 11.6 Å². The first-order valence-corrected chi connectivity index (χ1v) is 9.85. The molecule has 1 heterocycles. The average molecular weight is 423 g/mol. The van der Waals surface area contributed by atoms with E-state index in [9.17, 15) is 9.59 Å². The molecule has 0 radical (unpaired) electrons. The molecule has 2 aromatic carbocycles. The topological polar surface area (TPSA) is 100 Å². The van der Waals surface area contributed by atoms with E-state index in [1.807, 2.05) is 39.0 Å². The molecule has 7 heteroatoms. The van der Waals surface area contributed by atoms with Gasteiger partial charge in [0.2, 0.25) is 0 Å². The summed E-state index contributed by atoms with van der Waals surface area (Å²) in [5.41, 5.74) is 4.85. The number of hydrogen-bond acceptors (Lipinski definition) is 4. The van der Waals surface area contributed by atoms with Crippen molar-refractivity contribution in [3.63, 3.8) is 0 Å². The van der Waals surface area contributed by atoms with Crippen molar-refractivity contribution in [2.75, 3.05) is 0 Å². The maximum Gasteiger partial charge on any atom is 0.251 e. The van der Waals surface area contributed by atoms with Gasteiger partial charge >= 0.3 is 0 Å². The fraction of sp³-hybridized carbons (Fsp3) is 0.174. The number of nitrogens with one attached hydrogen (secondary N) is 2. The molecular formula is C23H23ClN4O2. The van der Waals surface area contributed by atoms with Crippen molar-refractivity contribution in [3.8, 4) is 0 Å². The van der Waals surface area contributed by atoms with Crippen LogP contribution in [0.25, 0.3) is 16.5 Å². The number of aromatic amines is 1. The molecule has 1 unspecified atom stereocenters. The molecule has 0 fully saturated rings. The van der Waals surface area contributed by atoms with Crippen LogP contribution in [0.5, 0.6) is 0 Å². The van der Waals surface area contributed by atoms with Gasteiger partial charge in [0.1, 0.15) is 0 Å². The number of fused-ring (bicyclic) bond motifs is 1. The van der Waals surface area contributed by atoms with E-state index in [1.54, 1.807) is 24.3 Å². The Bertz CT molecular complexity index is 1160. The Hall–Kier alpha value is -3.38. The molecule has 1 aromatic heterocycles. The number of carbonyl (C=O) groups excluding carboxylic acids is 2. The van der Waals surface area contributed by atoms with E-state index >= 15 is 0 Å². The third kappa shape index (κ3) is 4.14. The van der Waals surface area contributed by atoms with Crippen molar-refractivity contribution in [2.24, 2.45) is 10.9 Å². The molecule has 6 nitrogen and oxygen atoms in total. The van der Waals surface area contributed by atoms with Gasteiger partial charge in [-0.3, -0.25) is 9.59 Å². The lowest BCUT2D eigenvalue weighted by Crippen LogP contribution is -2.26. The Morgan fingerprint density at radius 3 is 2.57 bits per heavy atom. The molecule has 1 atom stereocenters. The quantitative estimate of drug-likeness (QED) is 0.229. The van der Waals surface area contributed by atoms with Crippen molar-refractivity contribution < 1.29 is 9.59 Å². The van der Waals surface area contributed by atoms with Crippen LogP contribution in [0.15, 0.2) is 47.6 Å². The Kier molecular flexibility index (Phi) is 6.37. The minimum Gasteiger partial charge on any atom is -0.354 e. The lowest BCUT2D eigenvalue weighted by molar-refractivity contribution is 0.0940. The van der Waals surface area contributed by atoms with Gasteiger partial charge in [-0.15, -0.1) is 0 Å². The number of amides is 1. The number of benzene rings is 2. The normalized spacial score (nSPS) is 13.0. The van der Waals surface area contributed by atoms with Crippen molar-refractivity contribution in [3.05, 3.63) is 75.4 Å². The number of H-pyrrole nitrogens is 1. The summed E-state index contributed by atoms with van der Waals surface area (Å²) < 4.78 is 0. The van der Waals surface area contributed by atoms with Gasteiger partial charge in [-0.25, -0.2) is 0 Å². The smallest absolute Gasteiger partial charge is 0.251 e. The predicted octanol–water partition coefficient (Wildman–Crippen LogP) is 4.84. The third-order valence-corrected chi connectivity index (χ3v) is 5.36. The van der Waals surface area contributed by atoms with Crippen molar-refractivity contribution in [2.45, 2.75) is 26.8 Å². The monoisotopic (exact) mass is 422 g/mol. The fourth-order valence-electron chi connectivity index (χ4n) is 3.39. The van der Waals surface area contributed by atoms with Gasteiger partial charge in [-0.05, 0) is 56.2 Å². The number of carbonyl (C=O) groups is 2. The van der Waals surface area contributed by atoms with Crippen molar-refractivity contribution >= 4 is 46.5 Å². The van der Waals surface area contributed by atoms with E-state index in [2.05, 4.69) is 15.4 Å². The molecule has 3 rings (SSSR count). The zero-order valence-corrected chi connectivity index (χ0v) is 17.7. The highest BCUT2D eigenvalue weighted by molar-refractivity contribution is 6.30. The van der Waals surface area contributed by atoms with Crippen molar-refractivity contribution in [1.82, 2.24) is 10.3 Å². The summed E-state index contributed by atoms with van der Waals surface area (Å²) in [5.74, 6) is 5.10. The van der Waals surface area contributed by atoms with Crippen LogP contribution in [-0.2, 0) is 0 Å². The van der Waals surface area contributed by atoms with Gasteiger partial charge in [-0.1, -0.05) is 29.8 Å². The largest absolute Gasteiger partial charge is 0.354 e. The molecule has 0 saturated carbocycles. The molecule has 0 aliphatic heterocycles. The van der Waals surface area contributed by atoms with Crippen LogP contribution in [0.2, 0.25) is 5.02 Å². The first-order chi connectivity index (χ1) is 14.4. The maximum absolute atomic E-state index is 12.9. The minimum absolute atomic E-state index is 0.227. The summed E-state index contributed by atoms with van der Waals surface area (Å²) in [4.78, 5) is 28.0. The van der Waals surface area contributed by atoms with Gasteiger partial charge in [-0.2, -0.15) is 5.10 Å². The second-order valence-corrected chi connectivity index (χ2v) is 7.45. The van der Waals surface area contributed by atoms with E-state index in [0.717, 1.165) is 23.1 Å². The summed E-state index contributed by atoms with van der Waals surface area (Å²) in [7, 11) is 0. The highest BCUT2D eigenvalue weighted by Crippen LogP contribution is 2.30. The lowest BCUT2D eigenvalue weighted by atomic mass is 10.0. The Morgan fingerprint density at radius 1 is 1.27 bits per heavy atom. The first kappa shape index (κ1) is 21.3. The van der Waals surface area contributed by atoms with E-state index in [-0.39, 0.29) is 11.9 Å². The molecular weight excluding hydrogens is 400 g/mol. The summed E-state index contributed by atoms with van der Waals surface area (Å²) in [6, 6.07) is 10.4. The van der Waals surface area contributed by atoms with Crippen LogP contribution in [0.3, 0.4) is 0 Å². The Morgan fingerprint density at radius 2 is 1.97 bits per heavy atom. The molecule has 30 heavy (non-hydrogen) atoms. The summed E-state index contributed by atoms with van der Waals surface area (Å²) in [5, 5.41) is 7.91. The molecule has 0 aliphatic rings. The molecule has 3 aromatic rings. The standard InChI is InChI=1S/C23H23ClN4O2/c1-4-13(2)22-19(11-26-25)21-17(12-29)9-16(10-20(21)28-22)23(30)27-14(3)15-5-7-18(24)8-6-15/h4-12,14,28H,25H2,1-3H3,(H,27,30)/b13-4+,26-11-. The number of rotatable bonds is 6. The van der Waals surface area contributed by atoms with Gasteiger partial charge < -0.3 is 16.1 Å². The van der Waals surface area contributed by atoms with Gasteiger partial charge in [0.25, 0.3) is 5.91 Å². The van der Waals surface area contributed by atoms with E-state index in [1.165, 1.54) is 6.21 Å². The first-order valence-electron chi connectivity index (χ1n) is 9.47. The van der Waals surface area contributed by atoms with Crippen LogP contribution in [-0.4, -0.2) is 23.4 Å². The average Bonchev–Trinajstić information content (AvgIpc) is 3.11. The number of nitrogens with two attached hydrogens (primary N) is 1. The van der Waals surface area contributed by atoms with Crippen LogP contribution in [0.4, 0.5) is 0 Å². The van der Waals surface area contributed by atoms with Gasteiger partial charge in [0.05, 0.1) is 18.0 Å². The number of halogens is 1. The number of hydrazone groups is 1. The second kappa shape index (κ2) is 8.97. The summed E-state index contributed by atoms with van der Waals surface area (Å²) in [6.45, 7) is 5.75. The van der Waals surface area contributed by atoms with E-state index < -0.39 is 0 Å². The lowest BCUT2D eigenvalue weighted by Gasteiger charge is -2.15. The van der Waals surface area contributed by atoms with Crippen LogP contribution < -0.4 is 11.2 Å². The zero-order chi connectivity index (χ0) is 21.8. The fourth-order valence-corrected chi connectivity index (χ4v) is 3.51. The highest BCUT2D eigenvalue weighted by Gasteiger charge is 2.19. The van der Waals surface area contributed by atoms with Gasteiger partial charge in [0, 0.05) is 32.6 Å². The van der Waals surface area contributed by atoms with Gasteiger partial charge in [0.15, 0.2) is 6.29 Å². The second-order valence-electron chi connectivity index (χ2n) is 7.02. The molecule has 154 valence electrons.